The van der Waals surface area contributed by atoms with Crippen LogP contribution in [-0.4, -0.2) is 84.3 Å². The minimum absolute atomic E-state index is 0.0565. The van der Waals surface area contributed by atoms with Crippen LogP contribution in [0.15, 0.2) is 62.4 Å². The molecule has 4 rings (SSSR count). The lowest BCUT2D eigenvalue weighted by atomic mass is 9.94. The maximum Gasteiger partial charge on any atom is 0.288 e. The highest BCUT2D eigenvalue weighted by Crippen LogP contribution is 2.22. The molecule has 0 atom stereocenters. The Hall–Kier alpha value is -3.60. The zero-order valence-electron chi connectivity index (χ0n) is 27.0. The van der Waals surface area contributed by atoms with Crippen LogP contribution < -0.4 is 16.0 Å². The molecular weight excluding hydrogens is 707 g/mol. The SMILES string of the molecule is CCn1cc(Cl)nc(S(=O)(=O)CC(=O)N(C)C2CCCCC2)c1=O.CCn1cc(Cl)nc(S(=O)(=O)CC(=O)N(C)c2ccccc2)c1=O. The van der Waals surface area contributed by atoms with E-state index in [9.17, 15) is 36.0 Å². The number of hydrogen-bond acceptors (Lipinski definition) is 10. The molecule has 1 fully saturated rings. The molecule has 0 bridgehead atoms. The number of benzene rings is 1. The van der Waals surface area contributed by atoms with Crippen LogP contribution in [0.1, 0.15) is 46.0 Å². The van der Waals surface area contributed by atoms with E-state index in [1.807, 2.05) is 0 Å². The maximum absolute atomic E-state index is 12.5. The van der Waals surface area contributed by atoms with Gasteiger partial charge in [0.25, 0.3) is 11.1 Å². The second kappa shape index (κ2) is 16.7. The molecule has 0 aliphatic heterocycles. The molecule has 48 heavy (non-hydrogen) atoms. The minimum atomic E-state index is -4.22. The number of carbonyl (C=O) groups is 2. The summed E-state index contributed by atoms with van der Waals surface area (Å²) in [6.45, 7) is 3.86. The summed E-state index contributed by atoms with van der Waals surface area (Å²) in [7, 11) is -5.29. The topological polar surface area (TPSA) is 179 Å². The largest absolute Gasteiger partial charge is 0.342 e. The van der Waals surface area contributed by atoms with Gasteiger partial charge in [0.15, 0.2) is 0 Å². The van der Waals surface area contributed by atoms with Crippen molar-refractivity contribution in [3.05, 3.63) is 73.7 Å². The fraction of sp³-hybridized carbons (Fsp3) is 0.467. The van der Waals surface area contributed by atoms with Crippen molar-refractivity contribution in [2.45, 2.75) is 75.1 Å². The number of aryl methyl sites for hydroxylation is 2. The van der Waals surface area contributed by atoms with Crippen LogP contribution in [0, 0.1) is 0 Å². The van der Waals surface area contributed by atoms with E-state index < -0.39 is 64.2 Å². The van der Waals surface area contributed by atoms with Gasteiger partial charge in [0.1, 0.15) is 21.8 Å². The first-order valence-corrected chi connectivity index (χ1v) is 19.1. The van der Waals surface area contributed by atoms with Crippen molar-refractivity contribution in [1.82, 2.24) is 24.0 Å². The number of rotatable bonds is 10. The quantitative estimate of drug-likeness (QED) is 0.300. The fourth-order valence-electron chi connectivity index (χ4n) is 4.97. The van der Waals surface area contributed by atoms with Gasteiger partial charge < -0.3 is 18.9 Å². The molecule has 1 aliphatic carbocycles. The summed E-state index contributed by atoms with van der Waals surface area (Å²) in [5, 5.41) is -1.60. The molecule has 0 spiro atoms. The molecule has 0 N–H and O–H groups in total. The van der Waals surface area contributed by atoms with Crippen LogP contribution in [0.2, 0.25) is 10.3 Å². The van der Waals surface area contributed by atoms with Crippen molar-refractivity contribution in [3.63, 3.8) is 0 Å². The Kier molecular flexibility index (Phi) is 13.5. The number of nitrogens with zero attached hydrogens (tertiary/aromatic N) is 6. The van der Waals surface area contributed by atoms with E-state index in [-0.39, 0.29) is 29.4 Å². The van der Waals surface area contributed by atoms with E-state index >= 15 is 0 Å². The molecule has 0 unspecified atom stereocenters. The number of sulfone groups is 2. The minimum Gasteiger partial charge on any atom is -0.342 e. The second-order valence-corrected chi connectivity index (χ2v) is 15.6. The Balaban J connectivity index is 0.000000260. The molecule has 18 heteroatoms. The number of halogens is 2. The van der Waals surface area contributed by atoms with Gasteiger partial charge in [-0.25, -0.2) is 26.8 Å². The van der Waals surface area contributed by atoms with Crippen LogP contribution in [0.25, 0.3) is 0 Å². The number of amides is 2. The third-order valence-corrected chi connectivity index (χ3v) is 11.1. The molecule has 14 nitrogen and oxygen atoms in total. The molecule has 1 aromatic carbocycles. The lowest BCUT2D eigenvalue weighted by Crippen LogP contribution is -2.42. The van der Waals surface area contributed by atoms with Crippen molar-refractivity contribution in [3.8, 4) is 0 Å². The van der Waals surface area contributed by atoms with Gasteiger partial charge in [-0.3, -0.25) is 19.2 Å². The lowest BCUT2D eigenvalue weighted by Gasteiger charge is -2.31. The highest BCUT2D eigenvalue weighted by molar-refractivity contribution is 7.92. The molecule has 0 radical (unpaired) electrons. The van der Waals surface area contributed by atoms with Gasteiger partial charge in [-0.2, -0.15) is 0 Å². The molecule has 1 aliphatic rings. The molecule has 2 amide bonds. The van der Waals surface area contributed by atoms with Gasteiger partial charge in [0.2, 0.25) is 41.5 Å². The van der Waals surface area contributed by atoms with Gasteiger partial charge >= 0.3 is 0 Å². The van der Waals surface area contributed by atoms with Crippen molar-refractivity contribution in [1.29, 1.82) is 0 Å². The third kappa shape index (κ3) is 9.74. The third-order valence-electron chi connectivity index (χ3n) is 7.76. The first-order valence-electron chi connectivity index (χ1n) is 15.1. The Labute approximate surface area is 289 Å². The summed E-state index contributed by atoms with van der Waals surface area (Å²) in [6.07, 6.45) is 7.48. The maximum atomic E-state index is 12.5. The van der Waals surface area contributed by atoms with Crippen molar-refractivity contribution < 1.29 is 26.4 Å². The molecule has 1 saturated carbocycles. The van der Waals surface area contributed by atoms with Gasteiger partial charge in [0, 0.05) is 51.3 Å². The summed E-state index contributed by atoms with van der Waals surface area (Å²) >= 11 is 11.6. The summed E-state index contributed by atoms with van der Waals surface area (Å²) in [4.78, 5) is 58.9. The first-order chi connectivity index (χ1) is 22.5. The van der Waals surface area contributed by atoms with E-state index in [0.29, 0.717) is 5.69 Å². The lowest BCUT2D eigenvalue weighted by molar-refractivity contribution is -0.129. The number of hydrogen-bond donors (Lipinski definition) is 0. The zero-order valence-corrected chi connectivity index (χ0v) is 30.1. The molecule has 2 heterocycles. The smallest absolute Gasteiger partial charge is 0.288 e. The van der Waals surface area contributed by atoms with Crippen LogP contribution >= 0.6 is 23.2 Å². The predicted octanol–water partition coefficient (Wildman–Crippen LogP) is 2.83. The normalized spacial score (nSPS) is 13.7. The summed E-state index contributed by atoms with van der Waals surface area (Å²) in [5.41, 5.74) is -1.00. The summed E-state index contributed by atoms with van der Waals surface area (Å²) < 4.78 is 52.2. The van der Waals surface area contributed by atoms with Crippen molar-refractivity contribution in [2.75, 3.05) is 30.5 Å². The Bertz CT molecular complexity index is 1960. The predicted molar refractivity (Wildman–Crippen MR) is 182 cm³/mol. The van der Waals surface area contributed by atoms with Gasteiger partial charge in [0.05, 0.1) is 0 Å². The van der Waals surface area contributed by atoms with Gasteiger partial charge in [-0.1, -0.05) is 60.7 Å². The van der Waals surface area contributed by atoms with Crippen LogP contribution in [0.5, 0.6) is 0 Å². The first kappa shape index (κ1) is 38.8. The zero-order chi connectivity index (χ0) is 35.8. The van der Waals surface area contributed by atoms with Crippen LogP contribution in [0.3, 0.4) is 0 Å². The molecular formula is C30H38Cl2N6O8S2. The van der Waals surface area contributed by atoms with E-state index in [0.717, 1.165) is 41.2 Å². The highest BCUT2D eigenvalue weighted by atomic mass is 35.5. The molecule has 2 aromatic heterocycles. The van der Waals surface area contributed by atoms with Crippen molar-refractivity contribution in [2.24, 2.45) is 0 Å². The number of carbonyl (C=O) groups excluding carboxylic acids is 2. The monoisotopic (exact) mass is 744 g/mol. The number of aromatic nitrogens is 4. The Morgan fingerprint density at radius 2 is 1.21 bits per heavy atom. The van der Waals surface area contributed by atoms with E-state index in [4.69, 9.17) is 23.2 Å². The van der Waals surface area contributed by atoms with E-state index in [2.05, 4.69) is 9.97 Å². The molecule has 0 saturated heterocycles. The summed E-state index contributed by atoms with van der Waals surface area (Å²) in [6, 6.07) is 8.64. The fourth-order valence-corrected chi connectivity index (χ4v) is 8.04. The second-order valence-electron chi connectivity index (χ2n) is 11.0. The Morgan fingerprint density at radius 1 is 0.771 bits per heavy atom. The summed E-state index contributed by atoms with van der Waals surface area (Å²) in [5.74, 6) is -2.84. The van der Waals surface area contributed by atoms with Crippen LogP contribution in [-0.2, 0) is 42.4 Å². The average Bonchev–Trinajstić information content (AvgIpc) is 3.06. The molecule has 262 valence electrons. The van der Waals surface area contributed by atoms with E-state index in [1.165, 1.54) is 29.2 Å². The van der Waals surface area contributed by atoms with E-state index in [1.54, 1.807) is 51.2 Å². The number of anilines is 1. The van der Waals surface area contributed by atoms with Crippen LogP contribution in [0.4, 0.5) is 5.69 Å². The molecule has 3 aromatic rings. The Morgan fingerprint density at radius 3 is 1.65 bits per heavy atom. The van der Waals surface area contributed by atoms with Gasteiger partial charge in [-0.05, 0) is 38.8 Å². The standard InChI is InChI=1S/C15H22ClN3O4S.C15H16ClN3O4S/c2*1-3-19-9-12(16)17-14(15(19)21)24(22,23)10-13(20)18(2)11-7-5-4-6-8-11/h9,11H,3-8,10H2,1-2H3;4-9H,3,10H2,1-2H3. The average molecular weight is 746 g/mol. The number of para-hydroxylation sites is 1. The van der Waals surface area contributed by atoms with Gasteiger partial charge in [-0.15, -0.1) is 0 Å². The highest BCUT2D eigenvalue weighted by Gasteiger charge is 2.31. The van der Waals surface area contributed by atoms with Crippen molar-refractivity contribution >= 4 is 60.4 Å².